The smallest absolute Gasteiger partial charge is 0.119 e. The molecule has 0 saturated heterocycles. The van der Waals surface area contributed by atoms with Crippen LogP contribution in [0.15, 0.2) is 24.3 Å². The summed E-state index contributed by atoms with van der Waals surface area (Å²) in [7, 11) is 0. The summed E-state index contributed by atoms with van der Waals surface area (Å²) in [6, 6.07) is 8.74. The largest absolute Gasteiger partial charge is 0.491 e. The second-order valence-electron chi connectivity index (χ2n) is 4.99. The lowest BCUT2D eigenvalue weighted by Gasteiger charge is -2.10. The van der Waals surface area contributed by atoms with Gasteiger partial charge in [-0.1, -0.05) is 39.3 Å². The van der Waals surface area contributed by atoms with Crippen LogP contribution in [0, 0.1) is 0 Å². The van der Waals surface area contributed by atoms with E-state index in [-0.39, 0.29) is 0 Å². The first kappa shape index (κ1) is 16.0. The maximum atomic E-state index is 5.62. The second-order valence-corrected chi connectivity index (χ2v) is 4.99. The molecule has 1 rings (SSSR count). The molecule has 0 unspecified atom stereocenters. The van der Waals surface area contributed by atoms with Crippen molar-refractivity contribution in [2.45, 2.75) is 46.2 Å². The van der Waals surface area contributed by atoms with Crippen LogP contribution < -0.4 is 10.1 Å². The van der Waals surface area contributed by atoms with E-state index in [1.807, 2.05) is 12.1 Å². The first-order chi connectivity index (χ1) is 9.22. The molecule has 0 spiro atoms. The molecular weight excluding hydrogens is 238 g/mol. The maximum Gasteiger partial charge on any atom is 0.119 e. The monoisotopic (exact) mass is 265 g/mol. The van der Waals surface area contributed by atoms with Gasteiger partial charge in [-0.15, -0.1) is 0 Å². The molecule has 3 heteroatoms. The second kappa shape index (κ2) is 9.82. The van der Waals surface area contributed by atoms with Crippen LogP contribution in [-0.4, -0.2) is 25.9 Å². The number of nitrogens with one attached hydrogen (secondary N) is 1. The quantitative estimate of drug-likeness (QED) is 0.658. The lowest BCUT2D eigenvalue weighted by Crippen LogP contribution is -2.21. The first-order valence-electron chi connectivity index (χ1n) is 7.25. The molecule has 0 aliphatic heterocycles. The Bertz CT molecular complexity index is 322. The summed E-state index contributed by atoms with van der Waals surface area (Å²) >= 11 is 0. The summed E-state index contributed by atoms with van der Waals surface area (Å²) in [5, 5.41) is 3.39. The highest BCUT2D eigenvalue weighted by atomic mass is 16.5. The Labute approximate surface area is 117 Å². The summed E-state index contributed by atoms with van der Waals surface area (Å²) in [6.07, 6.45) is 2.30. The minimum atomic E-state index is 0.510. The van der Waals surface area contributed by atoms with E-state index < -0.39 is 0 Å². The molecular formula is C16H27NO2. The van der Waals surface area contributed by atoms with Gasteiger partial charge in [0.15, 0.2) is 0 Å². The van der Waals surface area contributed by atoms with Crippen LogP contribution in [0.25, 0.3) is 0 Å². The van der Waals surface area contributed by atoms with Gasteiger partial charge in [0.2, 0.25) is 0 Å². The van der Waals surface area contributed by atoms with Gasteiger partial charge in [0.05, 0.1) is 6.61 Å². The minimum absolute atomic E-state index is 0.510. The van der Waals surface area contributed by atoms with Crippen molar-refractivity contribution in [2.75, 3.05) is 19.8 Å². The number of unbranched alkanes of at least 4 members (excludes halogenated alkanes) is 1. The fourth-order valence-electron chi connectivity index (χ4n) is 1.59. The van der Waals surface area contributed by atoms with Gasteiger partial charge in [0, 0.05) is 19.2 Å². The average molecular weight is 265 g/mol. The molecule has 0 aliphatic rings. The molecule has 0 bridgehead atoms. The van der Waals surface area contributed by atoms with E-state index in [0.717, 1.165) is 25.3 Å². The Morgan fingerprint density at radius 2 is 1.79 bits per heavy atom. The zero-order valence-corrected chi connectivity index (χ0v) is 12.4. The van der Waals surface area contributed by atoms with E-state index in [9.17, 15) is 0 Å². The van der Waals surface area contributed by atoms with Gasteiger partial charge in [-0.05, 0) is 24.1 Å². The summed E-state index contributed by atoms with van der Waals surface area (Å²) in [4.78, 5) is 0. The minimum Gasteiger partial charge on any atom is -0.491 e. The summed E-state index contributed by atoms with van der Waals surface area (Å²) in [5.74, 6) is 0.910. The van der Waals surface area contributed by atoms with Crippen molar-refractivity contribution in [1.29, 1.82) is 0 Å². The number of ether oxygens (including phenoxy) is 2. The van der Waals surface area contributed by atoms with Crippen LogP contribution in [0.1, 0.15) is 39.2 Å². The van der Waals surface area contributed by atoms with Gasteiger partial charge < -0.3 is 14.8 Å². The highest BCUT2D eigenvalue weighted by Crippen LogP contribution is 2.12. The number of hydrogen-bond donors (Lipinski definition) is 1. The SMILES string of the molecule is CCCCOCCOc1ccc(CNC(C)C)cc1. The van der Waals surface area contributed by atoms with Crippen LogP contribution >= 0.6 is 0 Å². The van der Waals surface area contributed by atoms with Crippen LogP contribution in [0.3, 0.4) is 0 Å². The average Bonchev–Trinajstić information content (AvgIpc) is 2.41. The van der Waals surface area contributed by atoms with Crippen molar-refractivity contribution in [3.05, 3.63) is 29.8 Å². The molecule has 19 heavy (non-hydrogen) atoms. The van der Waals surface area contributed by atoms with Crippen molar-refractivity contribution in [1.82, 2.24) is 5.32 Å². The third kappa shape index (κ3) is 7.85. The van der Waals surface area contributed by atoms with E-state index in [4.69, 9.17) is 9.47 Å². The zero-order chi connectivity index (χ0) is 13.9. The molecule has 0 heterocycles. The highest BCUT2D eigenvalue weighted by molar-refractivity contribution is 5.27. The Morgan fingerprint density at radius 3 is 2.42 bits per heavy atom. The topological polar surface area (TPSA) is 30.5 Å². The molecule has 1 N–H and O–H groups in total. The fourth-order valence-corrected chi connectivity index (χ4v) is 1.59. The molecule has 3 nitrogen and oxygen atoms in total. The third-order valence-electron chi connectivity index (χ3n) is 2.78. The van der Waals surface area contributed by atoms with Gasteiger partial charge in [0.25, 0.3) is 0 Å². The van der Waals surface area contributed by atoms with E-state index in [1.165, 1.54) is 12.0 Å². The van der Waals surface area contributed by atoms with Crippen molar-refractivity contribution >= 4 is 0 Å². The molecule has 0 radical (unpaired) electrons. The predicted molar refractivity (Wildman–Crippen MR) is 79.6 cm³/mol. The Morgan fingerprint density at radius 1 is 1.05 bits per heavy atom. The van der Waals surface area contributed by atoms with Gasteiger partial charge in [0.1, 0.15) is 12.4 Å². The first-order valence-corrected chi connectivity index (χ1v) is 7.25. The Balaban J connectivity index is 2.17. The molecule has 0 aliphatic carbocycles. The standard InChI is InChI=1S/C16H27NO2/c1-4-5-10-18-11-12-19-16-8-6-15(7-9-16)13-17-14(2)3/h6-9,14,17H,4-5,10-13H2,1-3H3. The number of benzene rings is 1. The molecule has 0 amide bonds. The molecule has 108 valence electrons. The number of rotatable bonds is 10. The van der Waals surface area contributed by atoms with Crippen molar-refractivity contribution < 1.29 is 9.47 Å². The van der Waals surface area contributed by atoms with Crippen LogP contribution in [0.5, 0.6) is 5.75 Å². The van der Waals surface area contributed by atoms with Crippen LogP contribution in [0.4, 0.5) is 0 Å². The van der Waals surface area contributed by atoms with Crippen molar-refractivity contribution in [2.24, 2.45) is 0 Å². The molecule has 1 aromatic rings. The molecule has 0 atom stereocenters. The molecule has 1 aromatic carbocycles. The van der Waals surface area contributed by atoms with E-state index in [1.54, 1.807) is 0 Å². The van der Waals surface area contributed by atoms with Gasteiger partial charge in [-0.3, -0.25) is 0 Å². The van der Waals surface area contributed by atoms with Crippen LogP contribution in [0.2, 0.25) is 0 Å². The molecule has 0 saturated carbocycles. The van der Waals surface area contributed by atoms with Gasteiger partial charge in [-0.2, -0.15) is 0 Å². The van der Waals surface area contributed by atoms with E-state index >= 15 is 0 Å². The highest BCUT2D eigenvalue weighted by Gasteiger charge is 1.97. The third-order valence-corrected chi connectivity index (χ3v) is 2.78. The van der Waals surface area contributed by atoms with Crippen molar-refractivity contribution in [3.8, 4) is 5.75 Å². The van der Waals surface area contributed by atoms with Crippen LogP contribution in [-0.2, 0) is 11.3 Å². The lowest BCUT2D eigenvalue weighted by molar-refractivity contribution is 0.0980. The lowest BCUT2D eigenvalue weighted by atomic mass is 10.2. The molecule has 0 aromatic heterocycles. The fraction of sp³-hybridized carbons (Fsp3) is 0.625. The van der Waals surface area contributed by atoms with E-state index in [0.29, 0.717) is 19.3 Å². The maximum absolute atomic E-state index is 5.62. The summed E-state index contributed by atoms with van der Waals surface area (Å²) in [6.45, 7) is 9.48. The zero-order valence-electron chi connectivity index (χ0n) is 12.4. The predicted octanol–water partition coefficient (Wildman–Crippen LogP) is 3.38. The van der Waals surface area contributed by atoms with Gasteiger partial charge in [-0.25, -0.2) is 0 Å². The Hall–Kier alpha value is -1.06. The van der Waals surface area contributed by atoms with Gasteiger partial charge >= 0.3 is 0 Å². The van der Waals surface area contributed by atoms with Crippen molar-refractivity contribution in [3.63, 3.8) is 0 Å². The number of hydrogen-bond acceptors (Lipinski definition) is 3. The van der Waals surface area contributed by atoms with E-state index in [2.05, 4.69) is 38.2 Å². The summed E-state index contributed by atoms with van der Waals surface area (Å²) < 4.78 is 11.1. The normalized spacial score (nSPS) is 10.9. The summed E-state index contributed by atoms with van der Waals surface area (Å²) in [5.41, 5.74) is 1.28. The Kier molecular flexibility index (Phi) is 8.26. The molecule has 0 fully saturated rings.